The molecule has 3 aliphatic heterocycles. The van der Waals surface area contributed by atoms with Crippen LogP contribution < -0.4 is 0 Å². The van der Waals surface area contributed by atoms with Crippen molar-refractivity contribution in [3.8, 4) is 0 Å². The third-order valence-electron chi connectivity index (χ3n) is 4.98. The van der Waals surface area contributed by atoms with Gasteiger partial charge in [-0.1, -0.05) is 6.42 Å². The summed E-state index contributed by atoms with van der Waals surface area (Å²) in [5, 5.41) is 11.0. The van der Waals surface area contributed by atoms with E-state index >= 15 is 0 Å². The van der Waals surface area contributed by atoms with Crippen LogP contribution in [-0.2, 0) is 18.9 Å². The van der Waals surface area contributed by atoms with E-state index < -0.39 is 17.7 Å². The van der Waals surface area contributed by atoms with E-state index in [0.717, 1.165) is 25.9 Å². The molecular weight excluding hydrogens is 298 g/mol. The van der Waals surface area contributed by atoms with Crippen molar-refractivity contribution in [2.75, 3.05) is 26.3 Å². The Balaban J connectivity index is 1.74. The van der Waals surface area contributed by atoms with E-state index in [9.17, 15) is 5.11 Å². The highest BCUT2D eigenvalue weighted by Gasteiger charge is 2.48. The van der Waals surface area contributed by atoms with Crippen LogP contribution in [0.4, 0.5) is 0 Å². The number of ether oxygens (including phenoxy) is 4. The molecule has 2 unspecified atom stereocenters. The van der Waals surface area contributed by atoms with Gasteiger partial charge >= 0.3 is 0 Å². The normalized spacial score (nSPS) is 36.9. The smallest absolute Gasteiger partial charge is 0.163 e. The zero-order valence-electron chi connectivity index (χ0n) is 14.8. The van der Waals surface area contributed by atoms with Crippen LogP contribution in [0.1, 0.15) is 47.0 Å². The Morgan fingerprint density at radius 3 is 1.87 bits per heavy atom. The fourth-order valence-electron chi connectivity index (χ4n) is 3.87. The van der Waals surface area contributed by atoms with Gasteiger partial charge in [0, 0.05) is 0 Å². The van der Waals surface area contributed by atoms with Crippen molar-refractivity contribution in [2.45, 2.75) is 82.9 Å². The average molecular weight is 329 g/mol. The summed E-state index contributed by atoms with van der Waals surface area (Å²) in [4.78, 5) is 2.35. The summed E-state index contributed by atoms with van der Waals surface area (Å²) in [6.45, 7) is 10.5. The molecule has 3 rings (SSSR count). The van der Waals surface area contributed by atoms with Crippen LogP contribution in [-0.4, -0.2) is 72.2 Å². The van der Waals surface area contributed by atoms with Crippen LogP contribution in [0.5, 0.6) is 0 Å². The molecule has 0 radical (unpaired) electrons. The first-order valence-corrected chi connectivity index (χ1v) is 8.83. The Bertz CT molecular complexity index is 408. The lowest BCUT2D eigenvalue weighted by Gasteiger charge is -2.41. The van der Waals surface area contributed by atoms with Gasteiger partial charge in [0.15, 0.2) is 11.6 Å². The lowest BCUT2D eigenvalue weighted by Crippen LogP contribution is -2.57. The fourth-order valence-corrected chi connectivity index (χ4v) is 3.87. The highest BCUT2D eigenvalue weighted by Crippen LogP contribution is 2.33. The summed E-state index contributed by atoms with van der Waals surface area (Å²) in [6.07, 6.45) is 2.44. The minimum atomic E-state index is -0.655. The van der Waals surface area contributed by atoms with Gasteiger partial charge in [-0.05, 0) is 53.6 Å². The first kappa shape index (κ1) is 17.6. The maximum absolute atomic E-state index is 11.0. The molecule has 0 amide bonds. The summed E-state index contributed by atoms with van der Waals surface area (Å²) < 4.78 is 23.4. The molecule has 0 spiro atoms. The standard InChI is InChI=1S/C17H31NO5/c1-16(2)20-10-12(22-16)14(18-8-6-5-7-9-18)15(19)13-11-21-17(3,4)23-13/h12-15,19H,5-11H2,1-4H3/t12?,13?,14-,15+/m0/s1. The highest BCUT2D eigenvalue weighted by molar-refractivity contribution is 4.95. The quantitative estimate of drug-likeness (QED) is 0.843. The van der Waals surface area contributed by atoms with Gasteiger partial charge in [0.1, 0.15) is 18.3 Å². The summed E-state index contributed by atoms with van der Waals surface area (Å²) in [7, 11) is 0. The Morgan fingerprint density at radius 1 is 0.870 bits per heavy atom. The Labute approximate surface area is 139 Å². The molecule has 0 bridgehead atoms. The molecule has 3 aliphatic rings. The minimum Gasteiger partial charge on any atom is -0.389 e. The van der Waals surface area contributed by atoms with Gasteiger partial charge in [0.05, 0.1) is 19.3 Å². The van der Waals surface area contributed by atoms with Gasteiger partial charge < -0.3 is 24.1 Å². The number of likely N-dealkylation sites (tertiary alicyclic amines) is 1. The Kier molecular flexibility index (Phi) is 5.03. The zero-order valence-corrected chi connectivity index (χ0v) is 14.8. The average Bonchev–Trinajstić information content (AvgIpc) is 3.02. The third-order valence-corrected chi connectivity index (χ3v) is 4.98. The first-order valence-electron chi connectivity index (χ1n) is 8.83. The summed E-state index contributed by atoms with van der Waals surface area (Å²) in [6, 6.07) is -0.125. The molecular formula is C17H31NO5. The summed E-state index contributed by atoms with van der Waals surface area (Å²) in [5.74, 6) is -1.23. The van der Waals surface area contributed by atoms with Crippen molar-refractivity contribution in [1.29, 1.82) is 0 Å². The van der Waals surface area contributed by atoms with Crippen molar-refractivity contribution in [1.82, 2.24) is 4.90 Å². The molecule has 23 heavy (non-hydrogen) atoms. The molecule has 0 aromatic heterocycles. The van der Waals surface area contributed by atoms with Crippen LogP contribution in [0, 0.1) is 0 Å². The third kappa shape index (κ3) is 4.06. The van der Waals surface area contributed by atoms with Crippen LogP contribution in [0.15, 0.2) is 0 Å². The van der Waals surface area contributed by atoms with Gasteiger partial charge in [0.25, 0.3) is 0 Å². The van der Waals surface area contributed by atoms with Gasteiger partial charge in [-0.3, -0.25) is 4.90 Å². The molecule has 0 aromatic rings. The van der Waals surface area contributed by atoms with Crippen LogP contribution >= 0.6 is 0 Å². The van der Waals surface area contributed by atoms with Crippen molar-refractivity contribution in [2.24, 2.45) is 0 Å². The van der Waals surface area contributed by atoms with Crippen molar-refractivity contribution in [3.05, 3.63) is 0 Å². The molecule has 6 heteroatoms. The monoisotopic (exact) mass is 329 g/mol. The van der Waals surface area contributed by atoms with Gasteiger partial charge in [-0.25, -0.2) is 0 Å². The lowest BCUT2D eigenvalue weighted by molar-refractivity contribution is -0.176. The van der Waals surface area contributed by atoms with Gasteiger partial charge in [-0.15, -0.1) is 0 Å². The van der Waals surface area contributed by atoms with E-state index in [1.165, 1.54) is 6.42 Å². The minimum absolute atomic E-state index is 0.125. The van der Waals surface area contributed by atoms with Crippen LogP contribution in [0.3, 0.4) is 0 Å². The molecule has 0 aromatic carbocycles. The first-order chi connectivity index (χ1) is 10.8. The molecule has 6 nitrogen and oxygen atoms in total. The summed E-state index contributed by atoms with van der Waals surface area (Å²) in [5.41, 5.74) is 0. The number of hydrogen-bond acceptors (Lipinski definition) is 6. The zero-order chi connectivity index (χ0) is 16.7. The topological polar surface area (TPSA) is 60.4 Å². The number of aliphatic hydroxyl groups excluding tert-OH is 1. The SMILES string of the molecule is CC1(C)OCC([C@@H](O)[C@H](C2COC(C)(C)O2)N2CCCCC2)O1. The predicted octanol–water partition coefficient (Wildman–Crippen LogP) is 1.50. The van der Waals surface area contributed by atoms with Crippen LogP contribution in [0.25, 0.3) is 0 Å². The van der Waals surface area contributed by atoms with Crippen LogP contribution in [0.2, 0.25) is 0 Å². The van der Waals surface area contributed by atoms with Gasteiger partial charge in [-0.2, -0.15) is 0 Å². The molecule has 1 N–H and O–H groups in total. The molecule has 0 saturated carbocycles. The maximum Gasteiger partial charge on any atom is 0.163 e. The second-order valence-corrected chi connectivity index (χ2v) is 7.81. The van der Waals surface area contributed by atoms with E-state index in [1.54, 1.807) is 0 Å². The number of nitrogens with zero attached hydrogens (tertiary/aromatic N) is 1. The molecule has 3 saturated heterocycles. The molecule has 134 valence electrons. The number of piperidine rings is 1. The Morgan fingerprint density at radius 2 is 1.39 bits per heavy atom. The van der Waals surface area contributed by atoms with E-state index in [4.69, 9.17) is 18.9 Å². The van der Waals surface area contributed by atoms with Crippen molar-refractivity contribution in [3.63, 3.8) is 0 Å². The fraction of sp³-hybridized carbons (Fsp3) is 1.00. The lowest BCUT2D eigenvalue weighted by atomic mass is 9.96. The highest BCUT2D eigenvalue weighted by atomic mass is 16.8. The molecule has 3 fully saturated rings. The van der Waals surface area contributed by atoms with E-state index in [-0.39, 0.29) is 18.2 Å². The molecule has 4 atom stereocenters. The largest absolute Gasteiger partial charge is 0.389 e. The number of rotatable bonds is 4. The predicted molar refractivity (Wildman–Crippen MR) is 85.0 cm³/mol. The van der Waals surface area contributed by atoms with E-state index in [1.807, 2.05) is 27.7 Å². The number of hydrogen-bond donors (Lipinski definition) is 1. The second kappa shape index (κ2) is 6.58. The molecule has 3 heterocycles. The van der Waals surface area contributed by atoms with Gasteiger partial charge in [0.2, 0.25) is 0 Å². The van der Waals surface area contributed by atoms with E-state index in [2.05, 4.69) is 4.90 Å². The Hall–Kier alpha value is -0.240. The second-order valence-electron chi connectivity index (χ2n) is 7.81. The number of aliphatic hydroxyl groups is 1. The maximum atomic E-state index is 11.0. The molecule has 0 aliphatic carbocycles. The van der Waals surface area contributed by atoms with Crippen molar-refractivity contribution >= 4 is 0 Å². The summed E-state index contributed by atoms with van der Waals surface area (Å²) >= 11 is 0. The van der Waals surface area contributed by atoms with Crippen molar-refractivity contribution < 1.29 is 24.1 Å². The van der Waals surface area contributed by atoms with E-state index in [0.29, 0.717) is 13.2 Å².